The molecule has 19 heavy (non-hydrogen) atoms. The molecule has 0 aliphatic carbocycles. The van der Waals surface area contributed by atoms with Crippen molar-refractivity contribution in [2.75, 3.05) is 39.3 Å². The number of fused-ring (bicyclic) bond motifs is 3. The number of rotatable bonds is 2. The van der Waals surface area contributed by atoms with Gasteiger partial charge in [0.2, 0.25) is 5.89 Å². The van der Waals surface area contributed by atoms with Gasteiger partial charge in [0.15, 0.2) is 5.82 Å². The van der Waals surface area contributed by atoms with Crippen molar-refractivity contribution in [3.63, 3.8) is 0 Å². The van der Waals surface area contributed by atoms with Gasteiger partial charge in [-0.25, -0.2) is 0 Å². The number of hydrogen-bond donors (Lipinski definition) is 2. The molecule has 2 N–H and O–H groups in total. The van der Waals surface area contributed by atoms with Crippen LogP contribution >= 0.6 is 0 Å². The number of aromatic nitrogens is 2. The molecule has 2 bridgehead atoms. The van der Waals surface area contributed by atoms with Crippen LogP contribution in [0.4, 0.5) is 0 Å². The number of β-amino-alcohol motifs (C(OH)–C–C–N with tert-alkyl or cyclic N) is 1. The van der Waals surface area contributed by atoms with Crippen LogP contribution in [0.2, 0.25) is 0 Å². The molecule has 1 aromatic heterocycles. The quantitative estimate of drug-likeness (QED) is 0.720. The Morgan fingerprint density at radius 2 is 2.11 bits per heavy atom. The van der Waals surface area contributed by atoms with Crippen molar-refractivity contribution in [2.45, 2.75) is 24.6 Å². The molecule has 0 aromatic carbocycles. The van der Waals surface area contributed by atoms with Crippen molar-refractivity contribution in [2.24, 2.45) is 0 Å². The molecule has 7 heteroatoms. The van der Waals surface area contributed by atoms with E-state index in [0.717, 1.165) is 38.5 Å². The number of nitrogens with zero attached hydrogens (tertiary/aromatic N) is 4. The highest BCUT2D eigenvalue weighted by molar-refractivity contribution is 5.04. The summed E-state index contributed by atoms with van der Waals surface area (Å²) < 4.78 is 5.38. The van der Waals surface area contributed by atoms with Crippen LogP contribution in [0.3, 0.4) is 0 Å². The van der Waals surface area contributed by atoms with Gasteiger partial charge in [-0.15, -0.1) is 0 Å². The molecular formula is C12H19N5O2. The Morgan fingerprint density at radius 3 is 2.74 bits per heavy atom. The SMILES string of the molecule is OC1CN[C@H](c2nc(C3CN4CCN3CC4)no2)C1. The summed E-state index contributed by atoms with van der Waals surface area (Å²) in [4.78, 5) is 9.44. The number of hydrogen-bond acceptors (Lipinski definition) is 7. The Hall–Kier alpha value is -1.02. The second-order valence-corrected chi connectivity index (χ2v) is 5.69. The lowest BCUT2D eigenvalue weighted by atomic mass is 10.1. The Morgan fingerprint density at radius 1 is 1.26 bits per heavy atom. The van der Waals surface area contributed by atoms with E-state index >= 15 is 0 Å². The maximum Gasteiger partial charge on any atom is 0.243 e. The average molecular weight is 265 g/mol. The number of aliphatic hydroxyl groups excluding tert-OH is 1. The smallest absolute Gasteiger partial charge is 0.243 e. The van der Waals surface area contributed by atoms with Crippen LogP contribution in [-0.2, 0) is 0 Å². The minimum Gasteiger partial charge on any atom is -0.392 e. The molecule has 0 spiro atoms. The van der Waals surface area contributed by atoms with Gasteiger partial charge >= 0.3 is 0 Å². The van der Waals surface area contributed by atoms with Crippen LogP contribution in [0.1, 0.15) is 30.2 Å². The van der Waals surface area contributed by atoms with Gasteiger partial charge < -0.3 is 14.9 Å². The molecular weight excluding hydrogens is 246 g/mol. The maximum atomic E-state index is 9.54. The summed E-state index contributed by atoms with van der Waals surface area (Å²) in [6, 6.07) is 0.277. The van der Waals surface area contributed by atoms with E-state index < -0.39 is 0 Å². The minimum atomic E-state index is -0.305. The van der Waals surface area contributed by atoms with E-state index in [1.165, 1.54) is 0 Å². The first-order valence-corrected chi connectivity index (χ1v) is 7.01. The summed E-state index contributed by atoms with van der Waals surface area (Å²) in [6.45, 7) is 6.09. The largest absolute Gasteiger partial charge is 0.392 e. The first kappa shape index (κ1) is 11.8. The van der Waals surface area contributed by atoms with Crippen LogP contribution in [0, 0.1) is 0 Å². The molecule has 4 aliphatic rings. The van der Waals surface area contributed by atoms with Gasteiger partial charge in [0.25, 0.3) is 0 Å². The predicted molar refractivity (Wildman–Crippen MR) is 66.4 cm³/mol. The molecule has 4 fully saturated rings. The van der Waals surface area contributed by atoms with Crippen molar-refractivity contribution in [3.8, 4) is 0 Å². The molecule has 1 aromatic rings. The third-order valence-electron chi connectivity index (χ3n) is 4.44. The van der Waals surface area contributed by atoms with E-state index in [4.69, 9.17) is 4.52 Å². The van der Waals surface area contributed by atoms with Gasteiger partial charge in [0.05, 0.1) is 18.2 Å². The van der Waals surface area contributed by atoms with Gasteiger partial charge in [-0.1, -0.05) is 5.16 Å². The fourth-order valence-corrected chi connectivity index (χ4v) is 3.29. The lowest BCUT2D eigenvalue weighted by Crippen LogP contribution is -2.57. The third-order valence-corrected chi connectivity index (χ3v) is 4.44. The van der Waals surface area contributed by atoms with Gasteiger partial charge in [0.1, 0.15) is 0 Å². The van der Waals surface area contributed by atoms with Crippen LogP contribution < -0.4 is 5.32 Å². The highest BCUT2D eigenvalue weighted by atomic mass is 16.5. The Balaban J connectivity index is 1.52. The van der Waals surface area contributed by atoms with Crippen molar-refractivity contribution < 1.29 is 9.63 Å². The highest BCUT2D eigenvalue weighted by Gasteiger charge is 2.36. The van der Waals surface area contributed by atoms with Gasteiger partial charge in [-0.2, -0.15) is 4.98 Å². The number of piperazine rings is 3. The van der Waals surface area contributed by atoms with Crippen molar-refractivity contribution >= 4 is 0 Å². The van der Waals surface area contributed by atoms with E-state index in [9.17, 15) is 5.11 Å². The number of nitrogens with one attached hydrogen (secondary N) is 1. The van der Waals surface area contributed by atoms with E-state index in [0.29, 0.717) is 18.9 Å². The molecule has 5 rings (SSSR count). The summed E-state index contributed by atoms with van der Waals surface area (Å²) in [6.07, 6.45) is 0.350. The first-order chi connectivity index (χ1) is 9.29. The summed E-state index contributed by atoms with van der Waals surface area (Å²) in [5.74, 6) is 1.41. The molecule has 4 aliphatic heterocycles. The molecule has 0 amide bonds. The van der Waals surface area contributed by atoms with Crippen LogP contribution in [0.5, 0.6) is 0 Å². The van der Waals surface area contributed by atoms with Crippen LogP contribution in [-0.4, -0.2) is 70.4 Å². The summed E-state index contributed by atoms with van der Waals surface area (Å²) >= 11 is 0. The fraction of sp³-hybridized carbons (Fsp3) is 0.833. The predicted octanol–water partition coefficient (Wildman–Crippen LogP) is -0.863. The zero-order valence-corrected chi connectivity index (χ0v) is 10.8. The Bertz CT molecular complexity index is 457. The molecule has 104 valence electrons. The first-order valence-electron chi connectivity index (χ1n) is 7.01. The maximum absolute atomic E-state index is 9.54. The normalized spacial score (nSPS) is 41.8. The van der Waals surface area contributed by atoms with Crippen molar-refractivity contribution in [1.82, 2.24) is 25.3 Å². The topological polar surface area (TPSA) is 77.7 Å². The zero-order valence-electron chi connectivity index (χ0n) is 10.8. The van der Waals surface area contributed by atoms with E-state index in [2.05, 4.69) is 25.3 Å². The van der Waals surface area contributed by atoms with Gasteiger partial charge in [0, 0.05) is 39.3 Å². The van der Waals surface area contributed by atoms with Crippen LogP contribution in [0.15, 0.2) is 4.52 Å². The molecule has 4 saturated heterocycles. The minimum absolute atomic E-state index is 0.00679. The van der Waals surface area contributed by atoms with E-state index in [-0.39, 0.29) is 18.2 Å². The molecule has 0 saturated carbocycles. The lowest BCUT2D eigenvalue weighted by Gasteiger charge is -2.46. The molecule has 2 unspecified atom stereocenters. The van der Waals surface area contributed by atoms with Crippen molar-refractivity contribution in [1.29, 1.82) is 0 Å². The van der Waals surface area contributed by atoms with Crippen molar-refractivity contribution in [3.05, 3.63) is 11.7 Å². The molecule has 3 atom stereocenters. The second-order valence-electron chi connectivity index (χ2n) is 5.69. The summed E-state index contributed by atoms with van der Waals surface area (Å²) in [7, 11) is 0. The molecule has 5 heterocycles. The van der Waals surface area contributed by atoms with E-state index in [1.54, 1.807) is 0 Å². The monoisotopic (exact) mass is 265 g/mol. The molecule has 7 nitrogen and oxygen atoms in total. The van der Waals surface area contributed by atoms with Gasteiger partial charge in [-0.3, -0.25) is 9.80 Å². The number of aliphatic hydroxyl groups is 1. The highest BCUT2D eigenvalue weighted by Crippen LogP contribution is 2.29. The summed E-state index contributed by atoms with van der Waals surface area (Å²) in [5.41, 5.74) is 0. The average Bonchev–Trinajstić information content (AvgIpc) is 3.08. The Labute approximate surface area is 111 Å². The zero-order chi connectivity index (χ0) is 12.8. The molecule has 0 radical (unpaired) electrons. The Kier molecular flexibility index (Phi) is 2.80. The standard InChI is InChI=1S/C12H19N5O2/c18-8-5-9(13-6-8)12-14-11(15-19-12)10-7-16-1-3-17(10)4-2-16/h8-10,13,18H,1-7H2/t8?,9-,10?/m0/s1. The second kappa shape index (κ2) is 4.52. The lowest BCUT2D eigenvalue weighted by molar-refractivity contribution is 0.00781. The van der Waals surface area contributed by atoms with Gasteiger partial charge in [-0.05, 0) is 6.42 Å². The fourth-order valence-electron chi connectivity index (χ4n) is 3.29. The summed E-state index contributed by atoms with van der Waals surface area (Å²) in [5, 5.41) is 16.9. The third kappa shape index (κ3) is 2.06. The van der Waals surface area contributed by atoms with Crippen LogP contribution in [0.25, 0.3) is 0 Å². The van der Waals surface area contributed by atoms with E-state index in [1.807, 2.05) is 0 Å².